The lowest BCUT2D eigenvalue weighted by Gasteiger charge is -2.21. The lowest BCUT2D eigenvalue weighted by atomic mass is 10.0. The van der Waals surface area contributed by atoms with Gasteiger partial charge >= 0.3 is 6.09 Å². The summed E-state index contributed by atoms with van der Waals surface area (Å²) >= 11 is 0. The molecular formula is C19H24N4O3. The number of aromatic nitrogens is 2. The van der Waals surface area contributed by atoms with Crippen molar-refractivity contribution in [3.05, 3.63) is 48.5 Å². The zero-order valence-corrected chi connectivity index (χ0v) is 15.0. The standard InChI is InChI=1S/C19H24N4O3/c1-21-13-19(26-18(21)24)6-8-23(14-19)12-16-2-4-17(5-3-16)25-11-10-22-9-7-20-15-22/h2-5,7,9,15H,6,8,10-14H2,1H3/t19-/m1/s1. The monoisotopic (exact) mass is 356 g/mol. The van der Waals surface area contributed by atoms with Gasteiger partial charge in [-0.1, -0.05) is 12.1 Å². The Kier molecular flexibility index (Phi) is 4.55. The molecule has 0 saturated carbocycles. The topological polar surface area (TPSA) is 59.8 Å². The maximum Gasteiger partial charge on any atom is 0.410 e. The third-order valence-electron chi connectivity index (χ3n) is 5.04. The smallest absolute Gasteiger partial charge is 0.410 e. The van der Waals surface area contributed by atoms with Crippen LogP contribution in [0.25, 0.3) is 0 Å². The number of carbonyl (C=O) groups excluding carboxylic acids is 1. The molecule has 7 heteroatoms. The molecule has 2 saturated heterocycles. The first-order valence-electron chi connectivity index (χ1n) is 8.96. The maximum atomic E-state index is 11.7. The molecule has 2 aliphatic rings. The van der Waals surface area contributed by atoms with Crippen LogP contribution >= 0.6 is 0 Å². The Hall–Kier alpha value is -2.54. The van der Waals surface area contributed by atoms with Gasteiger partial charge in [0.05, 0.1) is 19.4 Å². The highest BCUT2D eigenvalue weighted by Crippen LogP contribution is 2.32. The van der Waals surface area contributed by atoms with E-state index in [1.54, 1.807) is 24.5 Å². The fourth-order valence-corrected chi connectivity index (χ4v) is 3.70. The number of nitrogens with zero attached hydrogens (tertiary/aromatic N) is 4. The second kappa shape index (κ2) is 6.99. The van der Waals surface area contributed by atoms with E-state index in [1.807, 2.05) is 22.9 Å². The molecule has 0 bridgehead atoms. The first-order valence-corrected chi connectivity index (χ1v) is 8.96. The minimum absolute atomic E-state index is 0.205. The maximum absolute atomic E-state index is 11.7. The van der Waals surface area contributed by atoms with Gasteiger partial charge in [0.2, 0.25) is 0 Å². The summed E-state index contributed by atoms with van der Waals surface area (Å²) in [5.41, 5.74) is 0.920. The van der Waals surface area contributed by atoms with Crippen molar-refractivity contribution in [2.24, 2.45) is 0 Å². The molecule has 0 unspecified atom stereocenters. The molecule has 0 N–H and O–H groups in total. The summed E-state index contributed by atoms with van der Waals surface area (Å²) < 4.78 is 13.4. The molecule has 7 nitrogen and oxygen atoms in total. The Morgan fingerprint density at radius 2 is 2.12 bits per heavy atom. The predicted molar refractivity (Wildman–Crippen MR) is 95.9 cm³/mol. The number of rotatable bonds is 6. The molecule has 26 heavy (non-hydrogen) atoms. The molecule has 3 heterocycles. The van der Waals surface area contributed by atoms with Crippen molar-refractivity contribution in [1.82, 2.24) is 19.4 Å². The van der Waals surface area contributed by atoms with Gasteiger partial charge in [0.1, 0.15) is 18.0 Å². The van der Waals surface area contributed by atoms with Crippen LogP contribution in [0.2, 0.25) is 0 Å². The fourth-order valence-electron chi connectivity index (χ4n) is 3.70. The van der Waals surface area contributed by atoms with Gasteiger partial charge in [-0.15, -0.1) is 0 Å². The molecule has 2 aromatic rings. The van der Waals surface area contributed by atoms with Gasteiger partial charge < -0.3 is 18.9 Å². The Morgan fingerprint density at radius 1 is 1.27 bits per heavy atom. The van der Waals surface area contributed by atoms with Crippen molar-refractivity contribution in [2.45, 2.75) is 25.1 Å². The third kappa shape index (κ3) is 3.67. The SMILES string of the molecule is CN1C[C@@]2(CCN(Cc3ccc(OCCn4ccnc4)cc3)C2)OC1=O. The van der Waals surface area contributed by atoms with Crippen LogP contribution in [-0.2, 0) is 17.8 Å². The third-order valence-corrected chi connectivity index (χ3v) is 5.04. The van der Waals surface area contributed by atoms with E-state index in [9.17, 15) is 4.79 Å². The highest BCUT2D eigenvalue weighted by Gasteiger charge is 2.48. The second-order valence-electron chi connectivity index (χ2n) is 7.16. The summed E-state index contributed by atoms with van der Waals surface area (Å²) in [5, 5.41) is 0. The molecule has 138 valence electrons. The molecule has 2 fully saturated rings. The van der Waals surface area contributed by atoms with Crippen LogP contribution in [0, 0.1) is 0 Å². The number of ether oxygens (including phenoxy) is 2. The summed E-state index contributed by atoms with van der Waals surface area (Å²) in [7, 11) is 1.80. The van der Waals surface area contributed by atoms with Gasteiger partial charge in [0.25, 0.3) is 0 Å². The molecule has 1 amide bonds. The van der Waals surface area contributed by atoms with Crippen molar-refractivity contribution in [2.75, 3.05) is 33.3 Å². The lowest BCUT2D eigenvalue weighted by molar-refractivity contribution is 0.0627. The van der Waals surface area contributed by atoms with Crippen molar-refractivity contribution < 1.29 is 14.3 Å². The average molecular weight is 356 g/mol. The van der Waals surface area contributed by atoms with Gasteiger partial charge in [-0.2, -0.15) is 0 Å². The van der Waals surface area contributed by atoms with E-state index in [1.165, 1.54) is 5.56 Å². The van der Waals surface area contributed by atoms with E-state index in [-0.39, 0.29) is 11.7 Å². The van der Waals surface area contributed by atoms with Gasteiger partial charge in [-0.05, 0) is 17.7 Å². The molecule has 0 aliphatic carbocycles. The summed E-state index contributed by atoms with van der Waals surface area (Å²) in [6.07, 6.45) is 6.17. The van der Waals surface area contributed by atoms with Gasteiger partial charge in [0, 0.05) is 45.5 Å². The molecule has 2 aliphatic heterocycles. The largest absolute Gasteiger partial charge is 0.492 e. The van der Waals surface area contributed by atoms with Crippen LogP contribution in [-0.4, -0.2) is 64.3 Å². The molecular weight excluding hydrogens is 332 g/mol. The molecule has 1 atom stereocenters. The van der Waals surface area contributed by atoms with Gasteiger partial charge in [-0.3, -0.25) is 4.90 Å². The number of amides is 1. The summed E-state index contributed by atoms with van der Waals surface area (Å²) in [4.78, 5) is 19.7. The zero-order chi connectivity index (χ0) is 18.0. The number of benzene rings is 1. The van der Waals surface area contributed by atoms with Crippen LogP contribution in [0.5, 0.6) is 5.75 Å². The number of imidazole rings is 1. The van der Waals surface area contributed by atoms with Crippen molar-refractivity contribution >= 4 is 6.09 Å². The first-order chi connectivity index (χ1) is 12.6. The molecule has 1 spiro atoms. The minimum atomic E-state index is -0.317. The van der Waals surface area contributed by atoms with Crippen molar-refractivity contribution in [1.29, 1.82) is 0 Å². The molecule has 0 radical (unpaired) electrons. The quantitative estimate of drug-likeness (QED) is 0.792. The van der Waals surface area contributed by atoms with E-state index < -0.39 is 0 Å². The average Bonchev–Trinajstić information content (AvgIpc) is 3.33. The number of likely N-dealkylation sites (N-methyl/N-ethyl adjacent to an activating group) is 1. The minimum Gasteiger partial charge on any atom is -0.492 e. The van der Waals surface area contributed by atoms with Gasteiger partial charge in [-0.25, -0.2) is 9.78 Å². The van der Waals surface area contributed by atoms with E-state index in [0.29, 0.717) is 13.2 Å². The van der Waals surface area contributed by atoms with E-state index in [0.717, 1.165) is 38.3 Å². The van der Waals surface area contributed by atoms with Crippen LogP contribution in [0.15, 0.2) is 43.0 Å². The first kappa shape index (κ1) is 16.9. The van der Waals surface area contributed by atoms with Crippen LogP contribution < -0.4 is 4.74 Å². The van der Waals surface area contributed by atoms with E-state index in [2.05, 4.69) is 22.0 Å². The number of likely N-dealkylation sites (tertiary alicyclic amines) is 1. The van der Waals surface area contributed by atoms with Crippen molar-refractivity contribution in [3.63, 3.8) is 0 Å². The Bertz CT molecular complexity index is 747. The predicted octanol–water partition coefficient (Wildman–Crippen LogP) is 1.99. The lowest BCUT2D eigenvalue weighted by Crippen LogP contribution is -2.37. The number of hydrogen-bond donors (Lipinski definition) is 0. The summed E-state index contributed by atoms with van der Waals surface area (Å²) in [5.74, 6) is 0.873. The van der Waals surface area contributed by atoms with E-state index in [4.69, 9.17) is 9.47 Å². The normalized spacial score (nSPS) is 23.0. The summed E-state index contributed by atoms with van der Waals surface area (Å²) in [6, 6.07) is 8.23. The number of carbonyl (C=O) groups is 1. The van der Waals surface area contributed by atoms with Crippen molar-refractivity contribution in [3.8, 4) is 5.75 Å². The molecule has 1 aromatic heterocycles. The molecule has 1 aromatic carbocycles. The van der Waals surface area contributed by atoms with Crippen LogP contribution in [0.1, 0.15) is 12.0 Å². The van der Waals surface area contributed by atoms with E-state index >= 15 is 0 Å². The summed E-state index contributed by atoms with van der Waals surface area (Å²) in [6.45, 7) is 4.69. The Labute approximate surface area is 153 Å². The Balaban J connectivity index is 1.26. The van der Waals surface area contributed by atoms with Crippen LogP contribution in [0.3, 0.4) is 0 Å². The zero-order valence-electron chi connectivity index (χ0n) is 15.0. The fraction of sp³-hybridized carbons (Fsp3) is 0.474. The highest BCUT2D eigenvalue weighted by atomic mass is 16.6. The number of hydrogen-bond acceptors (Lipinski definition) is 5. The Morgan fingerprint density at radius 3 is 2.81 bits per heavy atom. The second-order valence-corrected chi connectivity index (χ2v) is 7.16. The van der Waals surface area contributed by atoms with Crippen LogP contribution in [0.4, 0.5) is 4.79 Å². The highest BCUT2D eigenvalue weighted by molar-refractivity contribution is 5.70. The molecule has 4 rings (SSSR count). The van der Waals surface area contributed by atoms with Gasteiger partial charge in [0.15, 0.2) is 0 Å².